The Morgan fingerprint density at radius 2 is 2.16 bits per heavy atom. The lowest BCUT2D eigenvalue weighted by Crippen LogP contribution is -2.12. The summed E-state index contributed by atoms with van der Waals surface area (Å²) >= 11 is 5.50. The van der Waals surface area contributed by atoms with Crippen molar-refractivity contribution in [3.05, 3.63) is 48.7 Å². The highest BCUT2D eigenvalue weighted by Crippen LogP contribution is 2.24. The Morgan fingerprint density at radius 3 is 2.96 bits per heavy atom. The quantitative estimate of drug-likeness (QED) is 0.564. The fraction of sp³-hybridized carbons (Fsp3) is 0.105. The van der Waals surface area contributed by atoms with Crippen molar-refractivity contribution in [1.82, 2.24) is 9.97 Å². The topological polar surface area (TPSA) is 64.1 Å². The number of hydrogen-bond donors (Lipinski definition) is 1. The van der Waals surface area contributed by atoms with Gasteiger partial charge in [0.25, 0.3) is 0 Å². The number of nitrogens with one attached hydrogen (secondary N) is 1. The number of fused-ring (bicyclic) bond motifs is 1. The van der Waals surface area contributed by atoms with Crippen LogP contribution in [0.15, 0.2) is 48.7 Å². The van der Waals surface area contributed by atoms with E-state index >= 15 is 0 Å². The van der Waals surface area contributed by atoms with Crippen molar-refractivity contribution in [2.75, 3.05) is 17.8 Å². The van der Waals surface area contributed by atoms with Gasteiger partial charge in [-0.3, -0.25) is 4.79 Å². The minimum atomic E-state index is -0.262. The first-order valence-electron chi connectivity index (χ1n) is 7.49. The molecule has 0 saturated heterocycles. The van der Waals surface area contributed by atoms with Gasteiger partial charge in [-0.25, -0.2) is 9.97 Å². The molecule has 0 aliphatic heterocycles. The molecule has 6 heteroatoms. The van der Waals surface area contributed by atoms with Crippen molar-refractivity contribution in [3.8, 4) is 29.5 Å². The second kappa shape index (κ2) is 7.65. The molecule has 5 nitrogen and oxygen atoms in total. The number of halogens is 1. The Bertz CT molecular complexity index is 966. The van der Waals surface area contributed by atoms with E-state index in [1.54, 1.807) is 18.3 Å². The Kier molecular flexibility index (Phi) is 5.12. The van der Waals surface area contributed by atoms with Crippen LogP contribution in [0.25, 0.3) is 22.3 Å². The van der Waals surface area contributed by atoms with Crippen molar-refractivity contribution < 1.29 is 9.53 Å². The molecule has 0 aliphatic rings. The van der Waals surface area contributed by atoms with Gasteiger partial charge < -0.3 is 10.1 Å². The molecule has 3 aromatic rings. The van der Waals surface area contributed by atoms with E-state index < -0.39 is 0 Å². The lowest BCUT2D eigenvalue weighted by molar-refractivity contribution is -0.113. The Hall–Kier alpha value is -3.10. The molecule has 1 amide bonds. The lowest BCUT2D eigenvalue weighted by Gasteiger charge is -2.07. The number of anilines is 1. The number of ether oxygens (including phenoxy) is 1. The second-order valence-corrected chi connectivity index (χ2v) is 5.44. The third kappa shape index (κ3) is 4.06. The zero-order valence-electron chi connectivity index (χ0n) is 13.2. The number of carbonyl (C=O) groups excluding carboxylic acids is 1. The molecule has 0 atom stereocenters. The Labute approximate surface area is 150 Å². The van der Waals surface area contributed by atoms with E-state index in [1.807, 2.05) is 30.3 Å². The number of terminal acetylenes is 1. The summed E-state index contributed by atoms with van der Waals surface area (Å²) < 4.78 is 5.43. The van der Waals surface area contributed by atoms with Crippen molar-refractivity contribution in [2.24, 2.45) is 0 Å². The summed E-state index contributed by atoms with van der Waals surface area (Å²) in [5, 5.41) is 3.51. The van der Waals surface area contributed by atoms with Crippen molar-refractivity contribution in [2.45, 2.75) is 0 Å². The molecule has 1 N–H and O–H groups in total. The van der Waals surface area contributed by atoms with Crippen molar-refractivity contribution in [1.29, 1.82) is 0 Å². The molecule has 1 heterocycles. The molecule has 0 radical (unpaired) electrons. The van der Waals surface area contributed by atoms with E-state index in [-0.39, 0.29) is 18.4 Å². The van der Waals surface area contributed by atoms with E-state index in [1.165, 1.54) is 0 Å². The molecule has 25 heavy (non-hydrogen) atoms. The van der Waals surface area contributed by atoms with Crippen LogP contribution >= 0.6 is 11.6 Å². The number of amides is 1. The molecule has 124 valence electrons. The fourth-order valence-corrected chi connectivity index (χ4v) is 2.36. The molecule has 0 saturated carbocycles. The fourth-order valence-electron chi connectivity index (χ4n) is 2.29. The van der Waals surface area contributed by atoms with E-state index in [4.69, 9.17) is 22.8 Å². The van der Waals surface area contributed by atoms with Gasteiger partial charge in [0.05, 0.1) is 5.52 Å². The molecule has 0 unspecified atom stereocenters. The average molecular weight is 352 g/mol. The molecule has 0 bridgehead atoms. The highest BCUT2D eigenvalue weighted by atomic mass is 35.5. The lowest BCUT2D eigenvalue weighted by atomic mass is 10.1. The monoisotopic (exact) mass is 351 g/mol. The number of alkyl halides is 1. The van der Waals surface area contributed by atoms with Crippen molar-refractivity contribution in [3.63, 3.8) is 0 Å². The number of rotatable bonds is 5. The van der Waals surface area contributed by atoms with Crippen LogP contribution < -0.4 is 10.1 Å². The van der Waals surface area contributed by atoms with Crippen LogP contribution in [-0.4, -0.2) is 28.4 Å². The standard InChI is InChI=1S/C19H14ClN3O2/c1-2-8-25-16-5-3-4-13(10-16)19-21-12-14-9-15(22-18(24)11-20)6-7-17(14)23-19/h1,3-7,9-10,12H,8,11H2,(H,22,24). The SMILES string of the molecule is C#CCOc1cccc(-c2ncc3cc(NC(=O)CCl)ccc3n2)c1. The Balaban J connectivity index is 1.90. The summed E-state index contributed by atoms with van der Waals surface area (Å²) in [5.41, 5.74) is 2.25. The maximum atomic E-state index is 11.4. The number of carbonyl (C=O) groups is 1. The predicted octanol–water partition coefficient (Wildman–Crippen LogP) is 3.49. The average Bonchev–Trinajstić information content (AvgIpc) is 2.66. The molecular formula is C19H14ClN3O2. The summed E-state index contributed by atoms with van der Waals surface area (Å²) in [6.07, 6.45) is 6.92. The molecular weight excluding hydrogens is 338 g/mol. The number of aromatic nitrogens is 2. The van der Waals surface area contributed by atoms with Gasteiger partial charge in [0.2, 0.25) is 5.91 Å². The third-order valence-electron chi connectivity index (χ3n) is 3.40. The summed E-state index contributed by atoms with van der Waals surface area (Å²) in [4.78, 5) is 20.3. The number of benzene rings is 2. The molecule has 3 rings (SSSR count). The first-order valence-corrected chi connectivity index (χ1v) is 8.02. The van der Waals surface area contributed by atoms with E-state index in [9.17, 15) is 4.79 Å². The maximum Gasteiger partial charge on any atom is 0.239 e. The van der Waals surface area contributed by atoms with Gasteiger partial charge in [0.15, 0.2) is 5.82 Å². The summed E-state index contributed by atoms with van der Waals surface area (Å²) in [5.74, 6) is 3.32. The van der Waals surface area contributed by atoms with E-state index in [2.05, 4.69) is 21.2 Å². The summed E-state index contributed by atoms with van der Waals surface area (Å²) in [7, 11) is 0. The van der Waals surface area contributed by atoms with Crippen LogP contribution in [0.4, 0.5) is 5.69 Å². The number of hydrogen-bond acceptors (Lipinski definition) is 4. The van der Waals surface area contributed by atoms with Gasteiger partial charge in [-0.05, 0) is 30.3 Å². The first kappa shape index (κ1) is 16.7. The first-order chi connectivity index (χ1) is 12.2. The third-order valence-corrected chi connectivity index (χ3v) is 3.64. The van der Waals surface area contributed by atoms with Crippen LogP contribution in [0.3, 0.4) is 0 Å². The number of nitrogens with zero attached hydrogens (tertiary/aromatic N) is 2. The highest BCUT2D eigenvalue weighted by Gasteiger charge is 2.06. The van der Waals surface area contributed by atoms with Crippen LogP contribution in [0.5, 0.6) is 5.75 Å². The van der Waals surface area contributed by atoms with Gasteiger partial charge in [-0.15, -0.1) is 18.0 Å². The summed E-state index contributed by atoms with van der Waals surface area (Å²) in [6, 6.07) is 12.8. The van der Waals surface area contributed by atoms with Gasteiger partial charge >= 0.3 is 0 Å². The molecule has 0 spiro atoms. The molecule has 1 aromatic heterocycles. The van der Waals surface area contributed by atoms with Crippen LogP contribution in [0, 0.1) is 12.3 Å². The summed E-state index contributed by atoms with van der Waals surface area (Å²) in [6.45, 7) is 0.207. The highest BCUT2D eigenvalue weighted by molar-refractivity contribution is 6.29. The van der Waals surface area contributed by atoms with E-state index in [0.717, 1.165) is 16.5 Å². The van der Waals surface area contributed by atoms with Crippen LogP contribution in [-0.2, 0) is 4.79 Å². The molecule has 0 fully saturated rings. The molecule has 2 aromatic carbocycles. The second-order valence-electron chi connectivity index (χ2n) is 5.17. The van der Waals surface area contributed by atoms with Crippen LogP contribution in [0.2, 0.25) is 0 Å². The smallest absolute Gasteiger partial charge is 0.239 e. The van der Waals surface area contributed by atoms with E-state index in [0.29, 0.717) is 17.3 Å². The van der Waals surface area contributed by atoms with Crippen molar-refractivity contribution >= 4 is 34.1 Å². The van der Waals surface area contributed by atoms with Gasteiger partial charge in [0, 0.05) is 22.8 Å². The van der Waals surface area contributed by atoms with Gasteiger partial charge in [0.1, 0.15) is 18.2 Å². The Morgan fingerprint density at radius 1 is 1.28 bits per heavy atom. The zero-order valence-corrected chi connectivity index (χ0v) is 14.0. The van der Waals surface area contributed by atoms with Gasteiger partial charge in [-0.2, -0.15) is 0 Å². The maximum absolute atomic E-state index is 11.4. The van der Waals surface area contributed by atoms with Gasteiger partial charge in [-0.1, -0.05) is 18.1 Å². The minimum absolute atomic E-state index is 0.0917. The predicted molar refractivity (Wildman–Crippen MR) is 98.7 cm³/mol. The zero-order chi connectivity index (χ0) is 17.6. The normalized spacial score (nSPS) is 10.2. The molecule has 0 aliphatic carbocycles. The van der Waals surface area contributed by atoms with Crippen LogP contribution in [0.1, 0.15) is 0 Å². The largest absolute Gasteiger partial charge is 0.481 e. The minimum Gasteiger partial charge on any atom is -0.481 e.